The van der Waals surface area contributed by atoms with E-state index in [-0.39, 0.29) is 32.7 Å². The molecule has 1 aromatic heterocycles. The summed E-state index contributed by atoms with van der Waals surface area (Å²) in [5.74, 6) is 0. The minimum Gasteiger partial charge on any atom is -0.456 e. The zero-order valence-corrected chi connectivity index (χ0v) is 10.1. The van der Waals surface area contributed by atoms with Gasteiger partial charge in [-0.15, -0.1) is 4.88 Å². The Bertz CT molecular complexity index is 336. The van der Waals surface area contributed by atoms with Crippen LogP contribution >= 0.6 is 11.3 Å². The van der Waals surface area contributed by atoms with E-state index in [0.29, 0.717) is 0 Å². The molecule has 12 heavy (non-hydrogen) atoms. The van der Waals surface area contributed by atoms with Crippen LogP contribution < -0.4 is 0 Å². The minimum atomic E-state index is 0. The average molecular weight is 252 g/mol. The number of hydrogen-bond donors (Lipinski definition) is 1. The van der Waals surface area contributed by atoms with E-state index >= 15 is 0 Å². The summed E-state index contributed by atoms with van der Waals surface area (Å²) in [4.78, 5) is 0.909. The van der Waals surface area contributed by atoms with Gasteiger partial charge in [-0.05, 0) is 6.07 Å². The van der Waals surface area contributed by atoms with Crippen molar-refractivity contribution in [3.8, 4) is 0 Å². The van der Waals surface area contributed by atoms with Crippen LogP contribution in [-0.2, 0) is 32.7 Å². The van der Waals surface area contributed by atoms with Gasteiger partial charge < -0.3 is 5.11 Å². The fraction of sp³-hybridized carbons (Fsp3) is 0. The van der Waals surface area contributed by atoms with Crippen LogP contribution in [0.4, 0.5) is 0 Å². The summed E-state index contributed by atoms with van der Waals surface area (Å²) in [5, 5.41) is 9.92. The summed E-state index contributed by atoms with van der Waals surface area (Å²) in [6.07, 6.45) is 0. The Kier molecular flexibility index (Phi) is 3.72. The number of rotatable bonds is 1. The molecule has 0 saturated carbocycles. The molecule has 0 unspecified atom stereocenters. The van der Waals surface area contributed by atoms with Gasteiger partial charge in [0.2, 0.25) is 0 Å². The number of benzene rings is 1. The van der Waals surface area contributed by atoms with Gasteiger partial charge in [0.05, 0.1) is 0 Å². The van der Waals surface area contributed by atoms with E-state index in [1.165, 1.54) is 10.1 Å². The van der Waals surface area contributed by atoms with Gasteiger partial charge in [0.25, 0.3) is 0 Å². The van der Waals surface area contributed by atoms with Gasteiger partial charge in [-0.1, -0.05) is 30.2 Å². The molecule has 0 fully saturated rings. The van der Waals surface area contributed by atoms with E-state index in [2.05, 4.69) is 0 Å². The number of aliphatic hydroxyl groups is 1. The van der Waals surface area contributed by atoms with Crippen LogP contribution in [0.1, 0.15) is 4.88 Å². The molecule has 1 heterocycles. The van der Waals surface area contributed by atoms with Gasteiger partial charge in [-0.2, -0.15) is 17.4 Å². The SMILES string of the molecule is O[CH-]c1cc2ccccc2s1.[Y]. The molecule has 0 spiro atoms. The summed E-state index contributed by atoms with van der Waals surface area (Å²) >= 11 is 1.59. The van der Waals surface area contributed by atoms with E-state index in [1.807, 2.05) is 30.3 Å². The molecule has 0 aliphatic heterocycles. The number of thiophene rings is 1. The first kappa shape index (κ1) is 10.2. The third-order valence-corrected chi connectivity index (χ3v) is 2.62. The molecule has 0 bridgehead atoms. The normalized spacial score (nSPS) is 9.42. The average Bonchev–Trinajstić information content (AvgIpc) is 2.46. The van der Waals surface area contributed by atoms with E-state index in [9.17, 15) is 0 Å². The van der Waals surface area contributed by atoms with Crippen molar-refractivity contribution in [1.82, 2.24) is 0 Å². The number of fused-ring (bicyclic) bond motifs is 1. The first-order chi connectivity index (χ1) is 5.40. The van der Waals surface area contributed by atoms with E-state index < -0.39 is 0 Å². The third-order valence-electron chi connectivity index (χ3n) is 1.57. The molecule has 0 atom stereocenters. The van der Waals surface area contributed by atoms with Crippen LogP contribution in [0.25, 0.3) is 10.1 Å². The van der Waals surface area contributed by atoms with Gasteiger partial charge >= 0.3 is 0 Å². The standard InChI is InChI=1S/C9H7OS.Y/c10-6-8-5-7-3-1-2-4-9(7)11-8;/h1-6,10H;/q-1;. The smallest absolute Gasteiger partial charge is 0.0140 e. The first-order valence-electron chi connectivity index (χ1n) is 3.36. The molecule has 1 aromatic carbocycles. The molecule has 2 rings (SSSR count). The van der Waals surface area contributed by atoms with Crippen LogP contribution in [-0.4, -0.2) is 5.11 Å². The van der Waals surface area contributed by atoms with E-state index in [1.54, 1.807) is 11.3 Å². The summed E-state index contributed by atoms with van der Waals surface area (Å²) < 4.78 is 1.22. The van der Waals surface area contributed by atoms with E-state index in [4.69, 9.17) is 5.11 Å². The van der Waals surface area contributed by atoms with Crippen molar-refractivity contribution in [2.45, 2.75) is 0 Å². The Labute approximate surface area is 100 Å². The summed E-state index contributed by atoms with van der Waals surface area (Å²) in [7, 11) is 0. The maximum absolute atomic E-state index is 8.72. The zero-order valence-electron chi connectivity index (χ0n) is 6.40. The molecule has 1 nitrogen and oxygen atoms in total. The first-order valence-corrected chi connectivity index (χ1v) is 4.18. The Balaban J connectivity index is 0.000000720. The van der Waals surface area contributed by atoms with Gasteiger partial charge in [0, 0.05) is 37.4 Å². The molecule has 59 valence electrons. The van der Waals surface area contributed by atoms with Crippen molar-refractivity contribution in [2.24, 2.45) is 0 Å². The maximum Gasteiger partial charge on any atom is 0.0140 e. The second-order valence-electron chi connectivity index (χ2n) is 2.32. The molecule has 0 amide bonds. The molecule has 1 N–H and O–H groups in total. The van der Waals surface area contributed by atoms with Crippen LogP contribution in [0, 0.1) is 6.61 Å². The van der Waals surface area contributed by atoms with Crippen molar-refractivity contribution in [2.75, 3.05) is 0 Å². The molecule has 0 saturated heterocycles. The van der Waals surface area contributed by atoms with Crippen LogP contribution in [0.5, 0.6) is 0 Å². The Morgan fingerprint density at radius 3 is 2.67 bits per heavy atom. The Morgan fingerprint density at radius 1 is 1.25 bits per heavy atom. The van der Waals surface area contributed by atoms with Gasteiger partial charge in [0.15, 0.2) is 0 Å². The second-order valence-corrected chi connectivity index (χ2v) is 3.43. The molecule has 3 heteroatoms. The topological polar surface area (TPSA) is 20.2 Å². The van der Waals surface area contributed by atoms with Crippen LogP contribution in [0.2, 0.25) is 0 Å². The predicted molar refractivity (Wildman–Crippen MR) is 47.2 cm³/mol. The van der Waals surface area contributed by atoms with Crippen LogP contribution in [0.3, 0.4) is 0 Å². The molecular weight excluding hydrogens is 245 g/mol. The summed E-state index contributed by atoms with van der Waals surface area (Å²) in [6.45, 7) is 1.14. The number of aliphatic hydroxyl groups excluding tert-OH is 1. The largest absolute Gasteiger partial charge is 0.456 e. The van der Waals surface area contributed by atoms with Gasteiger partial charge in [-0.3, -0.25) is 0 Å². The fourth-order valence-electron chi connectivity index (χ4n) is 1.07. The molecule has 0 aliphatic rings. The Morgan fingerprint density at radius 2 is 2.00 bits per heavy atom. The van der Waals surface area contributed by atoms with Crippen molar-refractivity contribution in [3.63, 3.8) is 0 Å². The third kappa shape index (κ3) is 1.88. The second kappa shape index (κ2) is 4.38. The molecule has 1 radical (unpaired) electrons. The summed E-state index contributed by atoms with van der Waals surface area (Å²) in [6, 6.07) is 10.1. The fourth-order valence-corrected chi connectivity index (χ4v) is 1.95. The zero-order chi connectivity index (χ0) is 7.68. The van der Waals surface area contributed by atoms with Crippen molar-refractivity contribution in [1.29, 1.82) is 0 Å². The molecular formula is C9H7OSY-. The molecule has 0 aliphatic carbocycles. The predicted octanol–water partition coefficient (Wildman–Crippen LogP) is 2.78. The van der Waals surface area contributed by atoms with Crippen molar-refractivity contribution in [3.05, 3.63) is 41.8 Å². The van der Waals surface area contributed by atoms with E-state index in [0.717, 1.165) is 11.5 Å². The Hall–Kier alpha value is 0.114. The molecule has 2 aromatic rings. The van der Waals surface area contributed by atoms with Crippen LogP contribution in [0.15, 0.2) is 30.3 Å². The monoisotopic (exact) mass is 252 g/mol. The van der Waals surface area contributed by atoms with Crippen molar-refractivity contribution >= 4 is 21.4 Å². The maximum atomic E-state index is 8.72. The number of hydrogen-bond acceptors (Lipinski definition) is 2. The van der Waals surface area contributed by atoms with Crippen molar-refractivity contribution < 1.29 is 37.8 Å². The van der Waals surface area contributed by atoms with Gasteiger partial charge in [0.1, 0.15) is 0 Å². The van der Waals surface area contributed by atoms with Gasteiger partial charge in [-0.25, -0.2) is 0 Å². The summed E-state index contributed by atoms with van der Waals surface area (Å²) in [5.41, 5.74) is 0. The minimum absolute atomic E-state index is 0. The quantitative estimate of drug-likeness (QED) is 0.774.